The predicted octanol–water partition coefficient (Wildman–Crippen LogP) is 2.71. The van der Waals surface area contributed by atoms with Gasteiger partial charge >= 0.3 is 0 Å². The summed E-state index contributed by atoms with van der Waals surface area (Å²) < 4.78 is 5.65. The highest BCUT2D eigenvalue weighted by Gasteiger charge is 2.20. The van der Waals surface area contributed by atoms with E-state index in [4.69, 9.17) is 4.74 Å². The maximum atomic E-state index is 5.65. The van der Waals surface area contributed by atoms with E-state index in [9.17, 15) is 0 Å². The third kappa shape index (κ3) is 10.0. The number of rotatable bonds is 10. The minimum Gasteiger partial charge on any atom is -0.381 e. The molecule has 0 radical (unpaired) electrons. The van der Waals surface area contributed by atoms with Gasteiger partial charge in [-0.2, -0.15) is 0 Å². The second-order valence-electron chi connectivity index (χ2n) is 7.11. The van der Waals surface area contributed by atoms with E-state index in [0.29, 0.717) is 0 Å². The van der Waals surface area contributed by atoms with Gasteiger partial charge < -0.3 is 20.3 Å². The quantitative estimate of drug-likeness (QED) is 0.232. The molecule has 0 spiro atoms. The first-order chi connectivity index (χ1) is 11.3. The van der Waals surface area contributed by atoms with Gasteiger partial charge in [-0.3, -0.25) is 4.99 Å². The molecule has 2 N–H and O–H groups in total. The molecule has 24 heavy (non-hydrogen) atoms. The summed E-state index contributed by atoms with van der Waals surface area (Å²) in [4.78, 5) is 7.21. The van der Waals surface area contributed by atoms with Crippen LogP contribution in [0.5, 0.6) is 0 Å². The van der Waals surface area contributed by atoms with Crippen molar-refractivity contribution < 1.29 is 4.74 Å². The van der Waals surface area contributed by atoms with Gasteiger partial charge in [0.2, 0.25) is 0 Å². The molecule has 0 aromatic carbocycles. The van der Waals surface area contributed by atoms with E-state index in [-0.39, 0.29) is 24.0 Å². The van der Waals surface area contributed by atoms with E-state index < -0.39 is 0 Å². The zero-order valence-electron chi connectivity index (χ0n) is 15.6. The number of hydrogen-bond acceptors (Lipinski definition) is 3. The number of hydrogen-bond donors (Lipinski definition) is 2. The van der Waals surface area contributed by atoms with Crippen LogP contribution in [0.15, 0.2) is 4.99 Å². The Kier molecular flexibility index (Phi) is 12.0. The van der Waals surface area contributed by atoms with E-state index in [1.165, 1.54) is 38.8 Å². The van der Waals surface area contributed by atoms with Crippen LogP contribution in [0, 0.1) is 11.8 Å². The van der Waals surface area contributed by atoms with E-state index in [1.54, 1.807) is 0 Å². The molecule has 0 amide bonds. The van der Waals surface area contributed by atoms with Crippen molar-refractivity contribution in [2.24, 2.45) is 16.8 Å². The Labute approximate surface area is 165 Å². The van der Waals surface area contributed by atoms with Crippen LogP contribution in [-0.4, -0.2) is 63.3 Å². The van der Waals surface area contributed by atoms with Crippen LogP contribution in [0.25, 0.3) is 0 Å². The SMILES string of the molecule is CCNC(=NCCCOCC1CC1)NCCN1CCCC(C)C1.I. The van der Waals surface area contributed by atoms with Crippen molar-refractivity contribution in [2.75, 3.05) is 52.5 Å². The molecule has 0 aromatic heterocycles. The standard InChI is InChI=1S/C18H36N4O.HI/c1-3-19-18(20-9-5-13-23-15-17-7-8-17)21-10-12-22-11-4-6-16(2)14-22;/h16-17H,3-15H2,1-2H3,(H2,19,20,21);1H. The van der Waals surface area contributed by atoms with Crippen molar-refractivity contribution in [3.05, 3.63) is 0 Å². The van der Waals surface area contributed by atoms with Gasteiger partial charge in [-0.1, -0.05) is 6.92 Å². The lowest BCUT2D eigenvalue weighted by Gasteiger charge is -2.30. The van der Waals surface area contributed by atoms with E-state index in [2.05, 4.69) is 34.4 Å². The lowest BCUT2D eigenvalue weighted by atomic mass is 10.0. The molecule has 0 bridgehead atoms. The first kappa shape index (κ1) is 22.0. The summed E-state index contributed by atoms with van der Waals surface area (Å²) in [6, 6.07) is 0. The first-order valence-corrected chi connectivity index (χ1v) is 9.60. The maximum absolute atomic E-state index is 5.65. The van der Waals surface area contributed by atoms with Gasteiger partial charge in [-0.25, -0.2) is 0 Å². The van der Waals surface area contributed by atoms with Gasteiger partial charge in [0.05, 0.1) is 0 Å². The van der Waals surface area contributed by atoms with E-state index >= 15 is 0 Å². The number of piperidine rings is 1. The number of guanidine groups is 1. The number of halogens is 1. The molecule has 1 heterocycles. The van der Waals surface area contributed by atoms with Crippen LogP contribution in [0.4, 0.5) is 0 Å². The monoisotopic (exact) mass is 452 g/mol. The Balaban J connectivity index is 0.00000288. The van der Waals surface area contributed by atoms with Crippen molar-refractivity contribution in [2.45, 2.75) is 46.0 Å². The molecule has 6 heteroatoms. The summed E-state index contributed by atoms with van der Waals surface area (Å²) in [7, 11) is 0. The van der Waals surface area contributed by atoms with Gasteiger partial charge in [0.1, 0.15) is 0 Å². The molecule has 1 atom stereocenters. The Hall–Kier alpha value is -0.0800. The maximum Gasteiger partial charge on any atom is 0.191 e. The summed E-state index contributed by atoms with van der Waals surface area (Å²) in [6.07, 6.45) is 6.46. The Morgan fingerprint density at radius 3 is 2.79 bits per heavy atom. The Morgan fingerprint density at radius 2 is 2.08 bits per heavy atom. The second kappa shape index (κ2) is 13.2. The lowest BCUT2D eigenvalue weighted by Crippen LogP contribution is -2.43. The summed E-state index contributed by atoms with van der Waals surface area (Å²) in [5.74, 6) is 2.65. The largest absolute Gasteiger partial charge is 0.381 e. The molecule has 1 saturated heterocycles. The average Bonchev–Trinajstić information content (AvgIpc) is 3.35. The molecule has 5 nitrogen and oxygen atoms in total. The highest BCUT2D eigenvalue weighted by molar-refractivity contribution is 14.0. The zero-order valence-corrected chi connectivity index (χ0v) is 17.9. The molecule has 1 aliphatic heterocycles. The molecule has 2 aliphatic rings. The summed E-state index contributed by atoms with van der Waals surface area (Å²) in [5.41, 5.74) is 0. The van der Waals surface area contributed by atoms with Gasteiger partial charge in [0.25, 0.3) is 0 Å². The highest BCUT2D eigenvalue weighted by Crippen LogP contribution is 2.28. The van der Waals surface area contributed by atoms with Crippen LogP contribution < -0.4 is 10.6 Å². The zero-order chi connectivity index (χ0) is 16.3. The number of aliphatic imine (C=N–C) groups is 1. The Bertz CT molecular complexity index is 350. The van der Waals surface area contributed by atoms with Gasteiger partial charge in [0.15, 0.2) is 5.96 Å². The van der Waals surface area contributed by atoms with Crippen LogP contribution >= 0.6 is 24.0 Å². The minimum absolute atomic E-state index is 0. The fourth-order valence-corrected chi connectivity index (χ4v) is 3.06. The topological polar surface area (TPSA) is 48.9 Å². The molecule has 1 saturated carbocycles. The number of nitrogens with one attached hydrogen (secondary N) is 2. The number of likely N-dealkylation sites (tertiary alicyclic amines) is 1. The summed E-state index contributed by atoms with van der Waals surface area (Å²) in [6.45, 7) is 12.6. The van der Waals surface area contributed by atoms with Crippen molar-refractivity contribution >= 4 is 29.9 Å². The highest BCUT2D eigenvalue weighted by atomic mass is 127. The number of ether oxygens (including phenoxy) is 1. The fraction of sp³-hybridized carbons (Fsp3) is 0.944. The van der Waals surface area contributed by atoms with Crippen LogP contribution in [-0.2, 0) is 4.74 Å². The van der Waals surface area contributed by atoms with Crippen molar-refractivity contribution in [1.82, 2.24) is 15.5 Å². The van der Waals surface area contributed by atoms with Gasteiger partial charge in [-0.15, -0.1) is 24.0 Å². The van der Waals surface area contributed by atoms with Gasteiger partial charge in [-0.05, 0) is 57.4 Å². The third-order valence-electron chi connectivity index (χ3n) is 4.57. The lowest BCUT2D eigenvalue weighted by molar-refractivity contribution is 0.123. The molecule has 1 aliphatic carbocycles. The molecule has 0 aromatic rings. The van der Waals surface area contributed by atoms with Crippen LogP contribution in [0.1, 0.15) is 46.0 Å². The first-order valence-electron chi connectivity index (χ1n) is 9.60. The van der Waals surface area contributed by atoms with E-state index in [1.807, 2.05) is 0 Å². The van der Waals surface area contributed by atoms with Crippen molar-refractivity contribution in [3.8, 4) is 0 Å². The normalized spacial score (nSPS) is 22.1. The third-order valence-corrected chi connectivity index (χ3v) is 4.57. The summed E-state index contributed by atoms with van der Waals surface area (Å²) >= 11 is 0. The van der Waals surface area contributed by atoms with Crippen LogP contribution in [0.2, 0.25) is 0 Å². The average molecular weight is 452 g/mol. The second-order valence-corrected chi connectivity index (χ2v) is 7.11. The van der Waals surface area contributed by atoms with E-state index in [0.717, 1.165) is 63.6 Å². The molecule has 142 valence electrons. The molecule has 2 fully saturated rings. The Morgan fingerprint density at radius 1 is 1.25 bits per heavy atom. The molecular formula is C18H37IN4O. The van der Waals surface area contributed by atoms with Crippen LogP contribution in [0.3, 0.4) is 0 Å². The predicted molar refractivity (Wildman–Crippen MR) is 112 cm³/mol. The summed E-state index contributed by atoms with van der Waals surface area (Å²) in [5, 5.41) is 6.79. The van der Waals surface area contributed by atoms with Crippen molar-refractivity contribution in [1.29, 1.82) is 0 Å². The molecular weight excluding hydrogens is 415 g/mol. The molecule has 2 rings (SSSR count). The minimum atomic E-state index is 0. The number of nitrogens with zero attached hydrogens (tertiary/aromatic N) is 2. The fourth-order valence-electron chi connectivity index (χ4n) is 3.06. The molecule has 1 unspecified atom stereocenters. The smallest absolute Gasteiger partial charge is 0.191 e. The van der Waals surface area contributed by atoms with Crippen molar-refractivity contribution in [3.63, 3.8) is 0 Å². The van der Waals surface area contributed by atoms with Gasteiger partial charge in [0, 0.05) is 45.9 Å².